The van der Waals surface area contributed by atoms with E-state index in [2.05, 4.69) is 0 Å². The Labute approximate surface area is 197 Å². The van der Waals surface area contributed by atoms with E-state index in [-0.39, 0.29) is 24.0 Å². The zero-order valence-corrected chi connectivity index (χ0v) is 19.9. The highest BCUT2D eigenvalue weighted by atomic mass is 32.2. The van der Waals surface area contributed by atoms with Crippen molar-refractivity contribution in [3.63, 3.8) is 0 Å². The summed E-state index contributed by atoms with van der Waals surface area (Å²) < 4.78 is 12.5. The van der Waals surface area contributed by atoms with Crippen LogP contribution in [0.3, 0.4) is 0 Å². The van der Waals surface area contributed by atoms with Crippen molar-refractivity contribution >= 4 is 45.0 Å². The van der Waals surface area contributed by atoms with Gasteiger partial charge in [-0.1, -0.05) is 23.9 Å². The molecule has 1 unspecified atom stereocenters. The lowest BCUT2D eigenvalue weighted by molar-refractivity contribution is -0.384. The highest BCUT2D eigenvalue weighted by Gasteiger charge is 2.25. The Hall–Kier alpha value is -2.76. The second kappa shape index (κ2) is 10.0. The van der Waals surface area contributed by atoms with Crippen LogP contribution in [0, 0.1) is 17.0 Å². The van der Waals surface area contributed by atoms with Gasteiger partial charge in [0.25, 0.3) is 11.2 Å². The first kappa shape index (κ1) is 23.4. The number of aromatic nitrogens is 2. The lowest BCUT2D eigenvalue weighted by atomic mass is 10.2. The molecular formula is C22H23N3O6S2. The fourth-order valence-corrected chi connectivity index (χ4v) is 5.83. The Bertz CT molecular complexity index is 1260. The van der Waals surface area contributed by atoms with E-state index >= 15 is 0 Å². The van der Waals surface area contributed by atoms with Gasteiger partial charge in [-0.25, -0.2) is 9.78 Å². The number of non-ortho nitro benzene ring substituents is 1. The monoisotopic (exact) mass is 489 g/mol. The van der Waals surface area contributed by atoms with E-state index in [1.54, 1.807) is 30.5 Å². The molecule has 3 aromatic rings. The molecule has 2 aromatic heterocycles. The Balaban J connectivity index is 1.74. The lowest BCUT2D eigenvalue weighted by Crippen LogP contribution is -2.28. The fourth-order valence-electron chi connectivity index (χ4n) is 3.76. The number of hydrogen-bond donors (Lipinski definition) is 0. The number of carbonyl (C=O) groups is 1. The summed E-state index contributed by atoms with van der Waals surface area (Å²) in [7, 11) is 0. The Morgan fingerprint density at radius 3 is 2.97 bits per heavy atom. The van der Waals surface area contributed by atoms with Gasteiger partial charge < -0.3 is 9.47 Å². The minimum atomic E-state index is -0.464. The van der Waals surface area contributed by atoms with Gasteiger partial charge in [-0.2, -0.15) is 0 Å². The van der Waals surface area contributed by atoms with Crippen molar-refractivity contribution in [2.75, 3.05) is 13.2 Å². The van der Waals surface area contributed by atoms with Gasteiger partial charge in [-0.15, -0.1) is 11.3 Å². The maximum Gasteiger partial charge on any atom is 0.348 e. The lowest BCUT2D eigenvalue weighted by Gasteiger charge is -2.16. The van der Waals surface area contributed by atoms with E-state index in [1.807, 2.05) is 0 Å². The Morgan fingerprint density at radius 2 is 2.27 bits per heavy atom. The number of nitrogens with zero attached hydrogens (tertiary/aromatic N) is 3. The van der Waals surface area contributed by atoms with Gasteiger partial charge in [-0.05, 0) is 37.8 Å². The summed E-state index contributed by atoms with van der Waals surface area (Å²) >= 11 is 2.48. The van der Waals surface area contributed by atoms with Crippen LogP contribution in [0.25, 0.3) is 10.2 Å². The summed E-state index contributed by atoms with van der Waals surface area (Å²) in [4.78, 5) is 42.1. The molecule has 1 aliphatic rings. The van der Waals surface area contributed by atoms with Crippen LogP contribution in [-0.4, -0.2) is 39.8 Å². The van der Waals surface area contributed by atoms with Crippen LogP contribution in [0.1, 0.15) is 40.6 Å². The van der Waals surface area contributed by atoms with E-state index in [4.69, 9.17) is 14.5 Å². The average molecular weight is 490 g/mol. The van der Waals surface area contributed by atoms with Crippen LogP contribution in [0.2, 0.25) is 0 Å². The maximum atomic E-state index is 13.5. The van der Waals surface area contributed by atoms with Crippen molar-refractivity contribution < 1.29 is 19.2 Å². The van der Waals surface area contributed by atoms with Crippen molar-refractivity contribution in [3.8, 4) is 0 Å². The third kappa shape index (κ3) is 4.94. The third-order valence-corrected chi connectivity index (χ3v) is 7.59. The van der Waals surface area contributed by atoms with Crippen LogP contribution < -0.4 is 5.56 Å². The number of nitro benzene ring substituents is 1. The van der Waals surface area contributed by atoms with Gasteiger partial charge in [-0.3, -0.25) is 19.5 Å². The summed E-state index contributed by atoms with van der Waals surface area (Å²) in [5, 5.41) is 12.0. The summed E-state index contributed by atoms with van der Waals surface area (Å²) in [5.74, 6) is -0.0610. The SMILES string of the molecule is CCOC(=O)c1sc2nc(SCc3cccc([N+](=O)[O-])c3)n(CC3CCCO3)c(=O)c2c1C. The Kier molecular flexibility index (Phi) is 7.11. The molecule has 0 spiro atoms. The van der Waals surface area contributed by atoms with Crippen molar-refractivity contribution in [1.82, 2.24) is 9.55 Å². The van der Waals surface area contributed by atoms with Crippen molar-refractivity contribution in [1.29, 1.82) is 0 Å². The average Bonchev–Trinajstić information content (AvgIpc) is 3.42. The molecule has 0 amide bonds. The zero-order chi connectivity index (χ0) is 23.5. The smallest absolute Gasteiger partial charge is 0.348 e. The fraction of sp³-hybridized carbons (Fsp3) is 0.409. The molecule has 1 atom stereocenters. The number of rotatable bonds is 8. The number of carbonyl (C=O) groups excluding carboxylic acids is 1. The molecule has 174 valence electrons. The number of esters is 1. The Morgan fingerprint density at radius 1 is 1.45 bits per heavy atom. The quantitative estimate of drug-likeness (QED) is 0.151. The van der Waals surface area contributed by atoms with Crippen molar-refractivity contribution in [2.45, 2.75) is 50.2 Å². The van der Waals surface area contributed by atoms with Crippen LogP contribution >= 0.6 is 23.1 Å². The van der Waals surface area contributed by atoms with E-state index < -0.39 is 10.9 Å². The van der Waals surface area contributed by atoms with E-state index in [0.29, 0.717) is 44.7 Å². The van der Waals surface area contributed by atoms with E-state index in [9.17, 15) is 19.7 Å². The molecule has 1 fully saturated rings. The summed E-state index contributed by atoms with van der Waals surface area (Å²) in [6.07, 6.45) is 1.72. The van der Waals surface area contributed by atoms with Gasteiger partial charge >= 0.3 is 5.97 Å². The van der Waals surface area contributed by atoms with E-state index in [0.717, 1.165) is 29.7 Å². The predicted octanol–water partition coefficient (Wildman–Crippen LogP) is 4.32. The van der Waals surface area contributed by atoms with Crippen LogP contribution in [-0.2, 0) is 21.8 Å². The van der Waals surface area contributed by atoms with E-state index in [1.165, 1.54) is 23.9 Å². The van der Waals surface area contributed by atoms with Crippen LogP contribution in [0.15, 0.2) is 34.2 Å². The standard InChI is InChI=1S/C22H23N3O6S2/c1-3-30-21(27)18-13(2)17-19(33-18)23-22(24(20(17)26)11-16-8-5-9-31-16)32-12-14-6-4-7-15(10-14)25(28)29/h4,6-7,10,16H,3,5,8-9,11-12H2,1-2H3. The number of ether oxygens (including phenoxy) is 2. The molecule has 0 aliphatic carbocycles. The van der Waals surface area contributed by atoms with Gasteiger partial charge in [0.2, 0.25) is 0 Å². The second-order valence-corrected chi connectivity index (χ2v) is 9.56. The van der Waals surface area contributed by atoms with Crippen LogP contribution in [0.4, 0.5) is 5.69 Å². The highest BCUT2D eigenvalue weighted by Crippen LogP contribution is 2.31. The molecule has 11 heteroatoms. The maximum absolute atomic E-state index is 13.5. The third-order valence-electron chi connectivity index (χ3n) is 5.38. The van der Waals surface area contributed by atoms with Crippen LogP contribution in [0.5, 0.6) is 0 Å². The van der Waals surface area contributed by atoms with Gasteiger partial charge in [0.05, 0.1) is 29.6 Å². The number of nitro groups is 1. The molecule has 1 aromatic carbocycles. The highest BCUT2D eigenvalue weighted by molar-refractivity contribution is 7.98. The van der Waals surface area contributed by atoms with Gasteiger partial charge in [0, 0.05) is 24.5 Å². The molecule has 0 saturated carbocycles. The number of hydrogen-bond acceptors (Lipinski definition) is 9. The predicted molar refractivity (Wildman–Crippen MR) is 126 cm³/mol. The zero-order valence-electron chi connectivity index (χ0n) is 18.2. The minimum absolute atomic E-state index is 0.0150. The molecular weight excluding hydrogens is 466 g/mol. The summed E-state index contributed by atoms with van der Waals surface area (Å²) in [6.45, 7) is 4.74. The van der Waals surface area contributed by atoms with Crippen molar-refractivity contribution in [2.24, 2.45) is 0 Å². The number of thiophene rings is 1. The largest absolute Gasteiger partial charge is 0.462 e. The molecule has 1 saturated heterocycles. The second-order valence-electron chi connectivity index (χ2n) is 7.62. The first-order valence-electron chi connectivity index (χ1n) is 10.6. The topological polar surface area (TPSA) is 114 Å². The summed E-state index contributed by atoms with van der Waals surface area (Å²) in [6, 6.07) is 6.40. The molecule has 9 nitrogen and oxygen atoms in total. The minimum Gasteiger partial charge on any atom is -0.462 e. The normalized spacial score (nSPS) is 15.8. The molecule has 3 heterocycles. The summed E-state index contributed by atoms with van der Waals surface area (Å²) in [5.41, 5.74) is 1.12. The molecule has 33 heavy (non-hydrogen) atoms. The molecule has 0 N–H and O–H groups in total. The number of thioether (sulfide) groups is 1. The molecule has 1 aliphatic heterocycles. The first-order chi connectivity index (χ1) is 15.9. The van der Waals surface area contributed by atoms with Gasteiger partial charge in [0.15, 0.2) is 5.16 Å². The van der Waals surface area contributed by atoms with Gasteiger partial charge in [0.1, 0.15) is 9.71 Å². The number of fused-ring (bicyclic) bond motifs is 1. The number of aryl methyl sites for hydroxylation is 1. The molecule has 0 bridgehead atoms. The number of benzene rings is 1. The molecule has 4 rings (SSSR count). The first-order valence-corrected chi connectivity index (χ1v) is 12.4. The van der Waals surface area contributed by atoms with Crippen molar-refractivity contribution in [3.05, 3.63) is 60.7 Å². The molecule has 0 radical (unpaired) electrons.